The van der Waals surface area contributed by atoms with Crippen LogP contribution in [0.1, 0.15) is 84.5 Å². The van der Waals surface area contributed by atoms with Gasteiger partial charge in [-0.3, -0.25) is 34.0 Å². The molecule has 5 aliphatic rings. The first kappa shape index (κ1) is 42.0. The van der Waals surface area contributed by atoms with Crippen molar-refractivity contribution in [3.63, 3.8) is 0 Å². The second kappa shape index (κ2) is 16.1. The fourth-order valence-electron chi connectivity index (χ4n) is 11.0. The van der Waals surface area contributed by atoms with E-state index in [-0.39, 0.29) is 29.5 Å². The van der Waals surface area contributed by atoms with Gasteiger partial charge in [0.15, 0.2) is 0 Å². The standard InChI is InChI=1S/C49H53FN8O5/c1-29-9-14-39(43(60)53-29)58-44(61)33-12-11-32(27-35(33)45(58)62)56-24-22-55(23-25-56)28-30-17-20-57(21-18-30)38-15-10-31(26-36(38)50)42(59)54-46-48(2,3)47(49(46,4)5)63-40-16-13-37(51-6)41-34(40)8-7-19-52-41/h7-8,10-13,15-16,19,26-27,30,39,46-47H,1,9,14,17-18,20-25,28H2,2-5H3,(H,53,60)(H,54,59). The van der Waals surface area contributed by atoms with Gasteiger partial charge in [-0.25, -0.2) is 9.24 Å². The van der Waals surface area contributed by atoms with E-state index in [0.29, 0.717) is 58.2 Å². The number of hydrogen-bond acceptors (Lipinski definition) is 9. The highest BCUT2D eigenvalue weighted by molar-refractivity contribution is 6.23. The lowest BCUT2D eigenvalue weighted by Gasteiger charge is -2.63. The molecule has 4 aliphatic heterocycles. The van der Waals surface area contributed by atoms with Crippen molar-refractivity contribution in [1.82, 2.24) is 25.4 Å². The average Bonchev–Trinajstić information content (AvgIpc) is 3.52. The topological polar surface area (TPSA) is 132 Å². The van der Waals surface area contributed by atoms with Gasteiger partial charge in [0.25, 0.3) is 17.7 Å². The van der Waals surface area contributed by atoms with Crippen molar-refractivity contribution in [3.8, 4) is 5.75 Å². The Kier molecular flexibility index (Phi) is 10.7. The number of anilines is 2. The van der Waals surface area contributed by atoms with Gasteiger partial charge in [-0.2, -0.15) is 0 Å². The van der Waals surface area contributed by atoms with Crippen molar-refractivity contribution in [2.75, 3.05) is 55.6 Å². The Hall–Kier alpha value is -6.33. The van der Waals surface area contributed by atoms with Crippen molar-refractivity contribution >= 4 is 51.6 Å². The zero-order valence-corrected chi connectivity index (χ0v) is 36.2. The largest absolute Gasteiger partial charge is 0.489 e. The number of allylic oxidation sites excluding steroid dienone is 1. The van der Waals surface area contributed by atoms with Crippen LogP contribution in [0.25, 0.3) is 15.7 Å². The Balaban J connectivity index is 0.754. The van der Waals surface area contributed by atoms with Crippen molar-refractivity contribution in [1.29, 1.82) is 0 Å². The molecule has 4 aromatic rings. The van der Waals surface area contributed by atoms with Crippen LogP contribution in [0.4, 0.5) is 21.5 Å². The molecule has 3 aromatic carbocycles. The highest BCUT2D eigenvalue weighted by Crippen LogP contribution is 2.56. The number of halogens is 1. The summed E-state index contributed by atoms with van der Waals surface area (Å²) in [5.41, 5.74) is 3.09. The molecule has 13 nitrogen and oxygen atoms in total. The second-order valence-corrected chi connectivity index (χ2v) is 18.9. The molecule has 4 amide bonds. The zero-order valence-electron chi connectivity index (χ0n) is 36.2. The van der Waals surface area contributed by atoms with Crippen molar-refractivity contribution in [2.24, 2.45) is 16.7 Å². The van der Waals surface area contributed by atoms with E-state index in [0.717, 1.165) is 74.6 Å². The van der Waals surface area contributed by atoms with Crippen LogP contribution in [-0.2, 0) is 4.79 Å². The molecule has 14 heteroatoms. The Labute approximate surface area is 367 Å². The average molecular weight is 853 g/mol. The maximum atomic E-state index is 15.8. The van der Waals surface area contributed by atoms with Crippen molar-refractivity contribution < 1.29 is 28.3 Å². The number of imide groups is 1. The summed E-state index contributed by atoms with van der Waals surface area (Å²) in [6, 6.07) is 16.4. The molecule has 1 saturated carbocycles. The van der Waals surface area contributed by atoms with Gasteiger partial charge in [0.1, 0.15) is 23.7 Å². The van der Waals surface area contributed by atoms with E-state index >= 15 is 4.39 Å². The number of nitrogens with one attached hydrogen (secondary N) is 2. The zero-order chi connectivity index (χ0) is 44.4. The van der Waals surface area contributed by atoms with Crippen molar-refractivity contribution in [2.45, 2.75) is 71.6 Å². The van der Waals surface area contributed by atoms with Crippen LogP contribution in [0.5, 0.6) is 5.75 Å². The predicted molar refractivity (Wildman–Crippen MR) is 238 cm³/mol. The predicted octanol–water partition coefficient (Wildman–Crippen LogP) is 6.96. The minimum atomic E-state index is -0.834. The summed E-state index contributed by atoms with van der Waals surface area (Å²) < 4.78 is 22.4. The number of hydrogen-bond donors (Lipinski definition) is 2. The van der Waals surface area contributed by atoms with Crippen LogP contribution >= 0.6 is 0 Å². The molecule has 1 unspecified atom stereocenters. The highest BCUT2D eigenvalue weighted by atomic mass is 19.1. The van der Waals surface area contributed by atoms with Gasteiger partial charge >= 0.3 is 0 Å². The normalized spacial score (nSPS) is 23.6. The molecule has 9 rings (SSSR count). The van der Waals surface area contributed by atoms with Gasteiger partial charge in [0, 0.05) is 91.2 Å². The lowest BCUT2D eigenvalue weighted by atomic mass is 9.49. The Morgan fingerprint density at radius 2 is 1.65 bits per heavy atom. The summed E-state index contributed by atoms with van der Waals surface area (Å²) >= 11 is 0. The number of ether oxygens (including phenoxy) is 1. The smallest absolute Gasteiger partial charge is 0.262 e. The summed E-state index contributed by atoms with van der Waals surface area (Å²) in [6.07, 6.45) is 4.15. The number of amides is 4. The summed E-state index contributed by atoms with van der Waals surface area (Å²) in [7, 11) is 0. The summed E-state index contributed by atoms with van der Waals surface area (Å²) in [5.74, 6) is -0.857. The monoisotopic (exact) mass is 852 g/mol. The minimum absolute atomic E-state index is 0.248. The molecule has 1 aromatic heterocycles. The lowest BCUT2D eigenvalue weighted by Crippen LogP contribution is -2.74. The van der Waals surface area contributed by atoms with Gasteiger partial charge in [-0.1, -0.05) is 40.3 Å². The number of carbonyl (C=O) groups excluding carboxylic acids is 4. The molecule has 63 heavy (non-hydrogen) atoms. The van der Waals surface area contributed by atoms with Gasteiger partial charge in [0.2, 0.25) is 11.6 Å². The van der Waals surface area contributed by atoms with Crippen LogP contribution in [0, 0.1) is 29.1 Å². The number of pyridine rings is 1. The quantitative estimate of drug-likeness (QED) is 0.136. The van der Waals surface area contributed by atoms with E-state index < -0.39 is 34.5 Å². The molecule has 0 spiro atoms. The fourth-order valence-corrected chi connectivity index (χ4v) is 11.0. The molecular formula is C49H53FN8O5. The van der Waals surface area contributed by atoms with Crippen LogP contribution in [0.15, 0.2) is 79.1 Å². The van der Waals surface area contributed by atoms with Crippen molar-refractivity contribution in [3.05, 3.63) is 113 Å². The van der Waals surface area contributed by atoms with E-state index in [1.165, 1.54) is 6.07 Å². The molecule has 2 N–H and O–H groups in total. The maximum Gasteiger partial charge on any atom is 0.262 e. The van der Waals surface area contributed by atoms with Gasteiger partial charge < -0.3 is 25.2 Å². The van der Waals surface area contributed by atoms with Gasteiger partial charge in [-0.05, 0) is 86.2 Å². The number of benzene rings is 3. The SMILES string of the molecule is [C-]#[N+]c1ccc(OC2C(C)(C)C(NC(=O)c3ccc(N4CCC(CN5CCN(c6ccc7c(c6)C(=O)N(C6CCC(=C)NC6=O)C7=O)CC5)CC4)c(F)c3)C2(C)C)c2cccnc12. The van der Waals surface area contributed by atoms with Crippen LogP contribution in [0.3, 0.4) is 0 Å². The number of aromatic nitrogens is 1. The number of piperidine rings is 2. The number of rotatable bonds is 9. The maximum absolute atomic E-state index is 15.8. The first-order chi connectivity index (χ1) is 30.1. The Morgan fingerprint density at radius 3 is 2.35 bits per heavy atom. The van der Waals surface area contributed by atoms with Gasteiger partial charge in [0.05, 0.1) is 28.9 Å². The third-order valence-electron chi connectivity index (χ3n) is 14.1. The lowest BCUT2D eigenvalue weighted by molar-refractivity contribution is -0.163. The number of nitrogens with zero attached hydrogens (tertiary/aromatic N) is 6. The van der Waals surface area contributed by atoms with Crippen LogP contribution in [0.2, 0.25) is 0 Å². The molecule has 326 valence electrons. The molecule has 0 bridgehead atoms. The molecule has 0 radical (unpaired) electrons. The van der Waals surface area contributed by atoms with Crippen LogP contribution < -0.4 is 25.2 Å². The first-order valence-electron chi connectivity index (χ1n) is 21.9. The number of carbonyl (C=O) groups is 4. The summed E-state index contributed by atoms with van der Waals surface area (Å²) in [6.45, 7) is 25.2. The first-order valence-corrected chi connectivity index (χ1v) is 21.9. The second-order valence-electron chi connectivity index (χ2n) is 18.9. The molecule has 5 heterocycles. The third-order valence-corrected chi connectivity index (χ3v) is 14.1. The highest BCUT2D eigenvalue weighted by Gasteiger charge is 2.64. The summed E-state index contributed by atoms with van der Waals surface area (Å²) in [4.78, 5) is 68.8. The van der Waals surface area contributed by atoms with Crippen LogP contribution in [-0.4, -0.2) is 102 Å². The molecule has 1 atom stereocenters. The van der Waals surface area contributed by atoms with E-state index in [9.17, 15) is 19.2 Å². The Morgan fingerprint density at radius 1 is 0.921 bits per heavy atom. The molecule has 4 fully saturated rings. The molecule has 3 saturated heterocycles. The minimum Gasteiger partial charge on any atom is -0.489 e. The fraction of sp³-hybridized carbons (Fsp3) is 0.429. The third kappa shape index (κ3) is 7.45. The van der Waals surface area contributed by atoms with E-state index in [1.807, 2.05) is 24.3 Å². The van der Waals surface area contributed by atoms with Gasteiger partial charge in [-0.15, -0.1) is 0 Å². The number of piperazine rings is 1. The van der Waals surface area contributed by atoms with E-state index in [1.54, 1.807) is 36.5 Å². The molecule has 1 aliphatic carbocycles. The van der Waals surface area contributed by atoms with E-state index in [4.69, 9.17) is 11.3 Å². The summed E-state index contributed by atoms with van der Waals surface area (Å²) in [5, 5.41) is 6.64. The molecular weight excluding hydrogens is 800 g/mol. The number of fused-ring (bicyclic) bond motifs is 2. The Bertz CT molecular complexity index is 2570. The van der Waals surface area contributed by atoms with E-state index in [2.05, 4.69) is 69.4 Å².